The second-order valence-corrected chi connectivity index (χ2v) is 5.82. The van der Waals surface area contributed by atoms with Gasteiger partial charge >= 0.3 is 0 Å². The van der Waals surface area contributed by atoms with Gasteiger partial charge in [-0.15, -0.1) is 0 Å². The van der Waals surface area contributed by atoms with Crippen LogP contribution in [0.3, 0.4) is 0 Å². The van der Waals surface area contributed by atoms with Crippen molar-refractivity contribution in [1.82, 2.24) is 0 Å². The summed E-state index contributed by atoms with van der Waals surface area (Å²) in [6, 6.07) is 0.398. The van der Waals surface area contributed by atoms with E-state index >= 15 is 0 Å². The first-order chi connectivity index (χ1) is 8.13. The van der Waals surface area contributed by atoms with Crippen molar-refractivity contribution in [2.24, 2.45) is 17.6 Å². The summed E-state index contributed by atoms with van der Waals surface area (Å²) in [5.41, 5.74) is 6.10. The van der Waals surface area contributed by atoms with Crippen molar-refractivity contribution in [3.05, 3.63) is 0 Å². The maximum Gasteiger partial charge on any atom is 0.00644 e. The van der Waals surface area contributed by atoms with E-state index in [9.17, 15) is 0 Å². The Kier molecular flexibility index (Phi) is 11.0. The highest BCUT2D eigenvalue weighted by Gasteiger charge is 2.17. The molecule has 0 rings (SSSR count). The Morgan fingerprint density at radius 3 is 1.88 bits per heavy atom. The van der Waals surface area contributed by atoms with Crippen LogP contribution in [0.2, 0.25) is 0 Å². The minimum atomic E-state index is 0.398. The van der Waals surface area contributed by atoms with Crippen molar-refractivity contribution in [1.29, 1.82) is 0 Å². The third kappa shape index (κ3) is 8.65. The molecule has 0 heterocycles. The fraction of sp³-hybridized carbons (Fsp3) is 1.00. The Balaban J connectivity index is 3.41. The summed E-state index contributed by atoms with van der Waals surface area (Å²) in [6.45, 7) is 9.17. The number of nitrogens with two attached hydrogens (primary N) is 1. The van der Waals surface area contributed by atoms with Gasteiger partial charge in [-0.1, -0.05) is 79.1 Å². The van der Waals surface area contributed by atoms with Gasteiger partial charge in [0, 0.05) is 6.04 Å². The van der Waals surface area contributed by atoms with Crippen molar-refractivity contribution in [2.75, 3.05) is 0 Å². The molecule has 1 heteroatoms. The normalized spacial score (nSPS) is 16.8. The van der Waals surface area contributed by atoms with Gasteiger partial charge < -0.3 is 5.73 Å². The van der Waals surface area contributed by atoms with E-state index in [1.54, 1.807) is 0 Å². The van der Waals surface area contributed by atoms with E-state index in [0.717, 1.165) is 12.3 Å². The first-order valence-corrected chi connectivity index (χ1v) is 7.89. The lowest BCUT2D eigenvalue weighted by molar-refractivity contribution is 0.295. The van der Waals surface area contributed by atoms with E-state index in [-0.39, 0.29) is 0 Å². The molecule has 3 unspecified atom stereocenters. The van der Waals surface area contributed by atoms with Crippen LogP contribution in [0.5, 0.6) is 0 Å². The van der Waals surface area contributed by atoms with Gasteiger partial charge in [0.25, 0.3) is 0 Å². The molecule has 2 N–H and O–H groups in total. The fourth-order valence-electron chi connectivity index (χ4n) is 2.48. The summed E-state index contributed by atoms with van der Waals surface area (Å²) in [4.78, 5) is 0. The number of unbranched alkanes of at least 4 members (excludes halogenated alkanes) is 6. The van der Waals surface area contributed by atoms with E-state index in [4.69, 9.17) is 5.73 Å². The van der Waals surface area contributed by atoms with Crippen LogP contribution in [0.15, 0.2) is 0 Å². The van der Waals surface area contributed by atoms with E-state index in [1.807, 2.05) is 0 Å². The summed E-state index contributed by atoms with van der Waals surface area (Å²) in [5.74, 6) is 1.47. The summed E-state index contributed by atoms with van der Waals surface area (Å²) in [7, 11) is 0. The van der Waals surface area contributed by atoms with Crippen LogP contribution >= 0.6 is 0 Å². The topological polar surface area (TPSA) is 26.0 Å². The molecule has 1 nitrogen and oxygen atoms in total. The first-order valence-electron chi connectivity index (χ1n) is 7.89. The van der Waals surface area contributed by atoms with Crippen molar-refractivity contribution in [3.63, 3.8) is 0 Å². The highest BCUT2D eigenvalue weighted by atomic mass is 14.6. The summed E-state index contributed by atoms with van der Waals surface area (Å²) >= 11 is 0. The molecule has 104 valence electrons. The van der Waals surface area contributed by atoms with Gasteiger partial charge in [0.15, 0.2) is 0 Å². The predicted molar refractivity (Wildman–Crippen MR) is 79.2 cm³/mol. The van der Waals surface area contributed by atoms with Crippen molar-refractivity contribution < 1.29 is 0 Å². The second-order valence-electron chi connectivity index (χ2n) is 5.82. The third-order valence-electron chi connectivity index (χ3n) is 4.31. The zero-order chi connectivity index (χ0) is 13.1. The van der Waals surface area contributed by atoms with Crippen LogP contribution in [0.4, 0.5) is 0 Å². The lowest BCUT2D eigenvalue weighted by Crippen LogP contribution is -2.31. The Bertz CT molecular complexity index is 156. The fourth-order valence-corrected chi connectivity index (χ4v) is 2.48. The molecule has 0 aliphatic heterocycles. The maximum absolute atomic E-state index is 6.10. The largest absolute Gasteiger partial charge is 0.327 e. The molecular weight excluding hydrogens is 206 g/mol. The molecule has 0 radical (unpaired) electrons. The monoisotopic (exact) mass is 241 g/mol. The van der Waals surface area contributed by atoms with Gasteiger partial charge in [0.05, 0.1) is 0 Å². The molecular formula is C16H35N. The number of hydrogen-bond donors (Lipinski definition) is 1. The second kappa shape index (κ2) is 11.1. The standard InChI is InChI=1S/C16H35N/c1-5-7-8-9-10-11-12-13-14(3)15(4)16(17)6-2/h14-16H,5-13,17H2,1-4H3. The Labute approximate surface area is 110 Å². The minimum Gasteiger partial charge on any atom is -0.327 e. The molecule has 0 aliphatic rings. The van der Waals surface area contributed by atoms with Crippen LogP contribution in [0, 0.1) is 11.8 Å². The third-order valence-corrected chi connectivity index (χ3v) is 4.31. The molecule has 0 amide bonds. The predicted octanol–water partition coefficient (Wildman–Crippen LogP) is 5.14. The molecule has 0 aliphatic carbocycles. The van der Waals surface area contributed by atoms with E-state index in [0.29, 0.717) is 12.0 Å². The lowest BCUT2D eigenvalue weighted by atomic mass is 9.84. The van der Waals surface area contributed by atoms with Crippen LogP contribution in [0.1, 0.15) is 85.5 Å². The van der Waals surface area contributed by atoms with Crippen LogP contribution < -0.4 is 5.73 Å². The average Bonchev–Trinajstić information content (AvgIpc) is 2.35. The maximum atomic E-state index is 6.10. The summed E-state index contributed by atoms with van der Waals surface area (Å²) in [6.07, 6.45) is 12.4. The zero-order valence-corrected chi connectivity index (χ0v) is 12.7. The molecule has 0 saturated heterocycles. The molecule has 0 aromatic carbocycles. The SMILES string of the molecule is CCCCCCCCCC(C)C(C)C(N)CC. The van der Waals surface area contributed by atoms with E-state index in [2.05, 4.69) is 27.7 Å². The van der Waals surface area contributed by atoms with E-state index in [1.165, 1.54) is 51.4 Å². The molecule has 3 atom stereocenters. The van der Waals surface area contributed by atoms with Gasteiger partial charge in [-0.2, -0.15) is 0 Å². The summed E-state index contributed by atoms with van der Waals surface area (Å²) in [5, 5.41) is 0. The summed E-state index contributed by atoms with van der Waals surface area (Å²) < 4.78 is 0. The van der Waals surface area contributed by atoms with Crippen LogP contribution in [0.25, 0.3) is 0 Å². The first kappa shape index (κ1) is 17.0. The molecule has 0 saturated carbocycles. The smallest absolute Gasteiger partial charge is 0.00644 e. The highest BCUT2D eigenvalue weighted by molar-refractivity contribution is 4.72. The quantitative estimate of drug-likeness (QED) is 0.498. The van der Waals surface area contributed by atoms with Gasteiger partial charge in [-0.25, -0.2) is 0 Å². The lowest BCUT2D eigenvalue weighted by Gasteiger charge is -2.25. The van der Waals surface area contributed by atoms with Crippen molar-refractivity contribution in [2.45, 2.75) is 91.5 Å². The molecule has 0 bridgehead atoms. The zero-order valence-electron chi connectivity index (χ0n) is 12.7. The molecule has 17 heavy (non-hydrogen) atoms. The molecule has 0 aromatic rings. The van der Waals surface area contributed by atoms with Crippen LogP contribution in [-0.2, 0) is 0 Å². The molecule has 0 aromatic heterocycles. The Morgan fingerprint density at radius 1 is 0.824 bits per heavy atom. The molecule has 0 spiro atoms. The minimum absolute atomic E-state index is 0.398. The van der Waals surface area contributed by atoms with Gasteiger partial charge in [-0.05, 0) is 18.3 Å². The molecule has 0 fully saturated rings. The number of rotatable bonds is 11. The highest BCUT2D eigenvalue weighted by Crippen LogP contribution is 2.22. The average molecular weight is 241 g/mol. The van der Waals surface area contributed by atoms with Crippen LogP contribution in [-0.4, -0.2) is 6.04 Å². The Morgan fingerprint density at radius 2 is 1.35 bits per heavy atom. The van der Waals surface area contributed by atoms with Crippen molar-refractivity contribution >= 4 is 0 Å². The Hall–Kier alpha value is -0.0400. The number of hydrogen-bond acceptors (Lipinski definition) is 1. The van der Waals surface area contributed by atoms with E-state index < -0.39 is 0 Å². The van der Waals surface area contributed by atoms with Gasteiger partial charge in [0.1, 0.15) is 0 Å². The van der Waals surface area contributed by atoms with Crippen molar-refractivity contribution in [3.8, 4) is 0 Å². The van der Waals surface area contributed by atoms with Gasteiger partial charge in [-0.3, -0.25) is 0 Å². The van der Waals surface area contributed by atoms with Gasteiger partial charge in [0.2, 0.25) is 0 Å².